The highest BCUT2D eigenvalue weighted by Crippen LogP contribution is 1.96. The molecule has 7 nitrogen and oxygen atoms in total. The van der Waals surface area contributed by atoms with E-state index in [1.807, 2.05) is 18.2 Å². The molecule has 0 radical (unpaired) electrons. The van der Waals surface area contributed by atoms with E-state index >= 15 is 0 Å². The Balaban J connectivity index is 0.00000676. The second-order valence-corrected chi connectivity index (χ2v) is 6.06. The predicted octanol–water partition coefficient (Wildman–Crippen LogP) is 2.07. The zero-order valence-electron chi connectivity index (χ0n) is 16.7. The Kier molecular flexibility index (Phi) is 15.9. The monoisotopic (exact) mass is 491 g/mol. The van der Waals surface area contributed by atoms with E-state index in [-0.39, 0.29) is 36.4 Å². The van der Waals surface area contributed by atoms with Gasteiger partial charge in [0.25, 0.3) is 0 Å². The number of aliphatic imine (C=N–C) groups is 1. The van der Waals surface area contributed by atoms with Gasteiger partial charge >= 0.3 is 0 Å². The fraction of sp³-hybridized carbons (Fsp3) is 0.632. The van der Waals surface area contributed by atoms with E-state index in [9.17, 15) is 4.79 Å². The largest absolute Gasteiger partial charge is 0.381 e. The summed E-state index contributed by atoms with van der Waals surface area (Å²) in [4.78, 5) is 22.3. The Morgan fingerprint density at radius 2 is 2.04 bits per heavy atom. The molecule has 0 saturated heterocycles. The van der Waals surface area contributed by atoms with E-state index in [1.54, 1.807) is 25.2 Å². The predicted molar refractivity (Wildman–Crippen MR) is 121 cm³/mol. The van der Waals surface area contributed by atoms with Crippen LogP contribution in [0.2, 0.25) is 0 Å². The van der Waals surface area contributed by atoms with Gasteiger partial charge in [-0.25, -0.2) is 0 Å². The molecule has 0 atom stereocenters. The van der Waals surface area contributed by atoms with Crippen LogP contribution in [-0.4, -0.2) is 68.7 Å². The molecular formula is C19H34IN5O2. The highest BCUT2D eigenvalue weighted by atomic mass is 127. The van der Waals surface area contributed by atoms with Crippen molar-refractivity contribution in [3.63, 3.8) is 0 Å². The molecule has 1 aromatic heterocycles. The summed E-state index contributed by atoms with van der Waals surface area (Å²) in [7, 11) is 3.50. The van der Waals surface area contributed by atoms with Crippen LogP contribution in [0.15, 0.2) is 29.4 Å². The fourth-order valence-electron chi connectivity index (χ4n) is 2.20. The van der Waals surface area contributed by atoms with Crippen LogP contribution in [0.5, 0.6) is 0 Å². The number of carbonyl (C=O) groups is 1. The number of ether oxygens (including phenoxy) is 1. The Labute approximate surface area is 180 Å². The Morgan fingerprint density at radius 1 is 1.26 bits per heavy atom. The summed E-state index contributed by atoms with van der Waals surface area (Å²) >= 11 is 0. The molecule has 0 aromatic carbocycles. The number of halogens is 1. The van der Waals surface area contributed by atoms with E-state index in [0.29, 0.717) is 12.5 Å². The SMILES string of the molecule is CCCCOCCCNC(=NC)NCC(=O)N(C)CCc1ccccn1.I. The minimum atomic E-state index is 0. The van der Waals surface area contributed by atoms with Crippen molar-refractivity contribution in [2.45, 2.75) is 32.6 Å². The molecule has 1 rings (SSSR count). The quantitative estimate of drug-likeness (QED) is 0.203. The molecule has 1 aromatic rings. The van der Waals surface area contributed by atoms with Crippen LogP contribution in [0.3, 0.4) is 0 Å². The van der Waals surface area contributed by atoms with Gasteiger partial charge in [0.05, 0.1) is 6.54 Å². The number of pyridine rings is 1. The third-order valence-electron chi connectivity index (χ3n) is 3.89. The molecule has 0 aliphatic carbocycles. The molecule has 154 valence electrons. The number of guanidine groups is 1. The smallest absolute Gasteiger partial charge is 0.241 e. The van der Waals surface area contributed by atoms with Gasteiger partial charge in [0, 0.05) is 58.7 Å². The van der Waals surface area contributed by atoms with Crippen molar-refractivity contribution in [2.24, 2.45) is 4.99 Å². The molecule has 8 heteroatoms. The van der Waals surface area contributed by atoms with E-state index in [0.717, 1.165) is 51.1 Å². The van der Waals surface area contributed by atoms with E-state index in [1.165, 1.54) is 0 Å². The maximum Gasteiger partial charge on any atom is 0.241 e. The summed E-state index contributed by atoms with van der Waals surface area (Å²) in [5, 5.41) is 6.24. The first-order chi connectivity index (χ1) is 12.7. The Bertz CT molecular complexity index is 528. The number of carbonyl (C=O) groups excluding carboxylic acids is 1. The number of likely N-dealkylation sites (N-methyl/N-ethyl adjacent to an activating group) is 1. The summed E-state index contributed by atoms with van der Waals surface area (Å²) in [5.41, 5.74) is 0.985. The average molecular weight is 491 g/mol. The molecule has 0 fully saturated rings. The summed E-state index contributed by atoms with van der Waals surface area (Å²) < 4.78 is 5.52. The maximum atomic E-state index is 12.2. The molecular weight excluding hydrogens is 457 g/mol. The highest BCUT2D eigenvalue weighted by molar-refractivity contribution is 14.0. The molecule has 1 amide bonds. The van der Waals surface area contributed by atoms with Crippen LogP contribution in [-0.2, 0) is 16.0 Å². The maximum absolute atomic E-state index is 12.2. The lowest BCUT2D eigenvalue weighted by Gasteiger charge is -2.18. The number of hydrogen-bond acceptors (Lipinski definition) is 4. The lowest BCUT2D eigenvalue weighted by Crippen LogP contribution is -2.44. The van der Waals surface area contributed by atoms with Crippen LogP contribution in [0.4, 0.5) is 0 Å². The number of unbranched alkanes of at least 4 members (excludes halogenated alkanes) is 1. The molecule has 27 heavy (non-hydrogen) atoms. The first-order valence-electron chi connectivity index (χ1n) is 9.33. The third kappa shape index (κ3) is 12.6. The summed E-state index contributed by atoms with van der Waals surface area (Å²) in [5.74, 6) is 0.650. The van der Waals surface area contributed by atoms with Crippen LogP contribution in [0.25, 0.3) is 0 Å². The van der Waals surface area contributed by atoms with Gasteiger partial charge in [-0.05, 0) is 25.0 Å². The molecule has 0 aliphatic heterocycles. The van der Waals surface area contributed by atoms with Crippen LogP contribution < -0.4 is 10.6 Å². The van der Waals surface area contributed by atoms with Gasteiger partial charge in [0.15, 0.2) is 5.96 Å². The van der Waals surface area contributed by atoms with Crippen LogP contribution in [0, 0.1) is 0 Å². The highest BCUT2D eigenvalue weighted by Gasteiger charge is 2.09. The minimum absolute atomic E-state index is 0. The lowest BCUT2D eigenvalue weighted by molar-refractivity contribution is -0.128. The second kappa shape index (κ2) is 16.7. The van der Waals surface area contributed by atoms with Crippen molar-refractivity contribution in [1.29, 1.82) is 0 Å². The summed E-state index contributed by atoms with van der Waals surface area (Å²) in [6.45, 7) is 5.32. The van der Waals surface area contributed by atoms with Crippen molar-refractivity contribution < 1.29 is 9.53 Å². The molecule has 0 spiro atoms. The summed E-state index contributed by atoms with van der Waals surface area (Å²) in [6, 6.07) is 5.81. The number of rotatable bonds is 12. The number of nitrogens with one attached hydrogen (secondary N) is 2. The zero-order valence-corrected chi connectivity index (χ0v) is 19.1. The van der Waals surface area contributed by atoms with Crippen molar-refractivity contribution in [1.82, 2.24) is 20.5 Å². The van der Waals surface area contributed by atoms with Crippen molar-refractivity contribution in [3.05, 3.63) is 30.1 Å². The van der Waals surface area contributed by atoms with Crippen molar-refractivity contribution in [2.75, 3.05) is 46.9 Å². The summed E-state index contributed by atoms with van der Waals surface area (Å²) in [6.07, 6.45) is 5.67. The van der Waals surface area contributed by atoms with Crippen LogP contribution >= 0.6 is 24.0 Å². The Morgan fingerprint density at radius 3 is 2.70 bits per heavy atom. The van der Waals surface area contributed by atoms with Gasteiger partial charge in [-0.3, -0.25) is 14.8 Å². The first-order valence-corrected chi connectivity index (χ1v) is 9.33. The second-order valence-electron chi connectivity index (χ2n) is 6.06. The molecule has 1 heterocycles. The topological polar surface area (TPSA) is 78.8 Å². The van der Waals surface area contributed by atoms with Crippen molar-refractivity contribution in [3.8, 4) is 0 Å². The molecule has 0 bridgehead atoms. The van der Waals surface area contributed by atoms with Gasteiger partial charge < -0.3 is 20.3 Å². The molecule has 0 aliphatic rings. The number of nitrogens with zero attached hydrogens (tertiary/aromatic N) is 3. The van der Waals surface area contributed by atoms with Gasteiger partial charge in [0.1, 0.15) is 0 Å². The fourth-order valence-corrected chi connectivity index (χ4v) is 2.20. The van der Waals surface area contributed by atoms with Gasteiger partial charge in [-0.15, -0.1) is 24.0 Å². The van der Waals surface area contributed by atoms with E-state index in [2.05, 4.69) is 27.5 Å². The number of hydrogen-bond donors (Lipinski definition) is 2. The normalized spacial score (nSPS) is 10.9. The Hall–Kier alpha value is -1.42. The lowest BCUT2D eigenvalue weighted by atomic mass is 10.2. The third-order valence-corrected chi connectivity index (χ3v) is 3.89. The standard InChI is InChI=1S/C19H33N5O2.HI/c1-4-5-14-26-15-8-12-22-19(20-2)23-16-18(25)24(3)13-10-17-9-6-7-11-21-17;/h6-7,9,11H,4-5,8,10,12-16H2,1-3H3,(H2,20,22,23);1H. The van der Waals surface area contributed by atoms with Crippen molar-refractivity contribution >= 4 is 35.8 Å². The average Bonchev–Trinajstić information content (AvgIpc) is 2.68. The molecule has 0 saturated carbocycles. The first kappa shape index (κ1) is 25.6. The zero-order chi connectivity index (χ0) is 19.0. The molecule has 0 unspecified atom stereocenters. The van der Waals surface area contributed by atoms with E-state index < -0.39 is 0 Å². The number of amides is 1. The minimum Gasteiger partial charge on any atom is -0.381 e. The van der Waals surface area contributed by atoms with Crippen LogP contribution in [0.1, 0.15) is 31.9 Å². The van der Waals surface area contributed by atoms with Gasteiger partial charge in [-0.2, -0.15) is 0 Å². The van der Waals surface area contributed by atoms with E-state index in [4.69, 9.17) is 4.74 Å². The molecule has 2 N–H and O–H groups in total. The van der Waals surface area contributed by atoms with Gasteiger partial charge in [0.2, 0.25) is 5.91 Å². The number of aromatic nitrogens is 1. The van der Waals surface area contributed by atoms with Gasteiger partial charge in [-0.1, -0.05) is 19.4 Å².